The van der Waals surface area contributed by atoms with Crippen molar-refractivity contribution in [2.45, 2.75) is 104 Å². The third-order valence-corrected chi connectivity index (χ3v) is 10.4. The van der Waals surface area contributed by atoms with E-state index in [0.717, 1.165) is 37.5 Å². The number of carbonyl (C=O) groups excluding carboxylic acids is 1. The molecule has 9 atom stereocenters. The van der Waals surface area contributed by atoms with Crippen molar-refractivity contribution in [1.82, 2.24) is 0 Å². The van der Waals surface area contributed by atoms with Crippen LogP contribution in [0, 0.1) is 46.3 Å². The van der Waals surface area contributed by atoms with Gasteiger partial charge in [-0.1, -0.05) is 32.8 Å². The Hall–Kier alpha value is -0.630. The average molecular weight is 401 g/mol. The lowest BCUT2D eigenvalue weighted by Crippen LogP contribution is -2.59. The first-order valence-corrected chi connectivity index (χ1v) is 12.5. The summed E-state index contributed by atoms with van der Waals surface area (Å²) in [6.07, 6.45) is 12.4. The SMILES string of the molecule is C=C(C)CCC[C@@H](C)[C@H]1CC[C@H]2[C@@H]3[C@H](O)CC4C(=O)CCC[C@]4(C)[C@H]3CC[C@]12C. The highest BCUT2D eigenvalue weighted by molar-refractivity contribution is 5.82. The van der Waals surface area contributed by atoms with Crippen LogP contribution in [0.3, 0.4) is 0 Å². The normalized spacial score (nSPS) is 47.8. The zero-order chi connectivity index (χ0) is 21.0. The molecule has 0 spiro atoms. The number of carbonyl (C=O) groups is 1. The van der Waals surface area contributed by atoms with Crippen LogP contribution in [0.15, 0.2) is 12.2 Å². The second kappa shape index (κ2) is 7.81. The molecule has 0 aromatic heterocycles. The predicted molar refractivity (Wildman–Crippen MR) is 119 cm³/mol. The van der Waals surface area contributed by atoms with Crippen molar-refractivity contribution in [3.63, 3.8) is 0 Å². The van der Waals surface area contributed by atoms with Crippen molar-refractivity contribution >= 4 is 5.78 Å². The summed E-state index contributed by atoms with van der Waals surface area (Å²) < 4.78 is 0. The molecule has 0 saturated heterocycles. The summed E-state index contributed by atoms with van der Waals surface area (Å²) >= 11 is 0. The quantitative estimate of drug-likeness (QED) is 0.530. The number of aliphatic hydroxyl groups is 1. The van der Waals surface area contributed by atoms with Gasteiger partial charge in [-0.25, -0.2) is 0 Å². The van der Waals surface area contributed by atoms with Crippen molar-refractivity contribution in [2.75, 3.05) is 0 Å². The molecule has 4 aliphatic carbocycles. The van der Waals surface area contributed by atoms with Crippen LogP contribution < -0.4 is 0 Å². The zero-order valence-corrected chi connectivity index (χ0v) is 19.4. The van der Waals surface area contributed by atoms with Crippen LogP contribution in [-0.4, -0.2) is 17.0 Å². The van der Waals surface area contributed by atoms with Gasteiger partial charge in [-0.2, -0.15) is 0 Å². The van der Waals surface area contributed by atoms with E-state index in [9.17, 15) is 9.90 Å². The summed E-state index contributed by atoms with van der Waals surface area (Å²) in [6, 6.07) is 0. The van der Waals surface area contributed by atoms with Crippen LogP contribution in [0.25, 0.3) is 0 Å². The first-order valence-electron chi connectivity index (χ1n) is 12.5. The number of hydrogen-bond donors (Lipinski definition) is 1. The van der Waals surface area contributed by atoms with E-state index >= 15 is 0 Å². The van der Waals surface area contributed by atoms with Gasteiger partial charge in [0.25, 0.3) is 0 Å². The van der Waals surface area contributed by atoms with E-state index in [0.29, 0.717) is 29.0 Å². The minimum Gasteiger partial charge on any atom is -0.393 e. The average Bonchev–Trinajstić information content (AvgIpc) is 3.00. The lowest BCUT2D eigenvalue weighted by atomic mass is 9.43. The van der Waals surface area contributed by atoms with Gasteiger partial charge in [0, 0.05) is 12.3 Å². The van der Waals surface area contributed by atoms with E-state index in [2.05, 4.69) is 34.3 Å². The fraction of sp³-hybridized carbons (Fsp3) is 0.889. The Balaban J connectivity index is 1.53. The first kappa shape index (κ1) is 21.6. The largest absolute Gasteiger partial charge is 0.393 e. The molecule has 0 bridgehead atoms. The lowest BCUT2D eigenvalue weighted by molar-refractivity contribution is -0.173. The van der Waals surface area contributed by atoms with Crippen LogP contribution in [0.4, 0.5) is 0 Å². The highest BCUT2D eigenvalue weighted by Gasteiger charge is 2.63. The molecule has 0 radical (unpaired) electrons. The van der Waals surface area contributed by atoms with Gasteiger partial charge in [0.15, 0.2) is 0 Å². The van der Waals surface area contributed by atoms with Gasteiger partial charge >= 0.3 is 0 Å². The standard InChI is InChI=1S/C27H44O2/c1-17(2)8-6-9-18(3)19-11-12-20-25-21(13-15-27(19,20)5)26(4)14-7-10-23(28)22(26)16-24(25)29/h18-22,24-25,29H,1,6-16H2,2-5H3/t18-,19-,20+,21+,22?,24-,25+,26-,27-/m1/s1. The molecule has 4 fully saturated rings. The third kappa shape index (κ3) is 3.46. The Morgan fingerprint density at radius 2 is 1.90 bits per heavy atom. The molecule has 4 aliphatic rings. The number of Topliss-reactive ketones (excluding diaryl/α,β-unsaturated/α-hetero) is 1. The Labute approximate surface area is 178 Å². The van der Waals surface area contributed by atoms with E-state index in [4.69, 9.17) is 0 Å². The molecule has 0 aliphatic heterocycles. The number of allylic oxidation sites excluding steroid dienone is 1. The predicted octanol–water partition coefficient (Wildman–Crippen LogP) is 6.57. The van der Waals surface area contributed by atoms with Gasteiger partial charge < -0.3 is 5.11 Å². The molecule has 4 rings (SSSR count). The van der Waals surface area contributed by atoms with Gasteiger partial charge in [-0.15, -0.1) is 6.58 Å². The zero-order valence-electron chi connectivity index (χ0n) is 19.4. The molecule has 2 heteroatoms. The lowest BCUT2D eigenvalue weighted by Gasteiger charge is -2.61. The Morgan fingerprint density at radius 3 is 2.62 bits per heavy atom. The molecule has 1 unspecified atom stereocenters. The van der Waals surface area contributed by atoms with Gasteiger partial charge in [0.05, 0.1) is 6.10 Å². The van der Waals surface area contributed by atoms with Crippen LogP contribution in [0.2, 0.25) is 0 Å². The van der Waals surface area contributed by atoms with Crippen molar-refractivity contribution < 1.29 is 9.90 Å². The summed E-state index contributed by atoms with van der Waals surface area (Å²) in [5.41, 5.74) is 1.83. The maximum Gasteiger partial charge on any atom is 0.136 e. The molecule has 4 saturated carbocycles. The minimum atomic E-state index is -0.262. The highest BCUT2D eigenvalue weighted by atomic mass is 16.3. The highest BCUT2D eigenvalue weighted by Crippen LogP contribution is 2.68. The second-order valence-corrected chi connectivity index (χ2v) is 12.0. The molecule has 2 nitrogen and oxygen atoms in total. The smallest absolute Gasteiger partial charge is 0.136 e. The number of hydrogen-bond acceptors (Lipinski definition) is 2. The molecule has 1 N–H and O–H groups in total. The minimum absolute atomic E-state index is 0.120. The number of ketones is 1. The van der Waals surface area contributed by atoms with Gasteiger partial charge in [-0.3, -0.25) is 4.79 Å². The summed E-state index contributed by atoms with van der Waals surface area (Å²) in [6.45, 7) is 13.7. The Morgan fingerprint density at radius 1 is 1.17 bits per heavy atom. The molecule has 0 heterocycles. The van der Waals surface area contributed by atoms with E-state index in [1.165, 1.54) is 50.5 Å². The third-order valence-electron chi connectivity index (χ3n) is 10.4. The Kier molecular flexibility index (Phi) is 5.82. The molecular formula is C27H44O2. The molecule has 29 heavy (non-hydrogen) atoms. The molecule has 0 aromatic rings. The van der Waals surface area contributed by atoms with Crippen LogP contribution in [-0.2, 0) is 4.79 Å². The van der Waals surface area contributed by atoms with Crippen LogP contribution in [0.5, 0.6) is 0 Å². The fourth-order valence-corrected chi connectivity index (χ4v) is 9.01. The van der Waals surface area contributed by atoms with Crippen molar-refractivity contribution in [3.8, 4) is 0 Å². The van der Waals surface area contributed by atoms with Crippen LogP contribution in [0.1, 0.15) is 98.3 Å². The van der Waals surface area contributed by atoms with Gasteiger partial charge in [0.2, 0.25) is 0 Å². The van der Waals surface area contributed by atoms with Crippen molar-refractivity contribution in [2.24, 2.45) is 46.3 Å². The molecular weight excluding hydrogens is 356 g/mol. The van der Waals surface area contributed by atoms with E-state index in [1.54, 1.807) is 0 Å². The summed E-state index contributed by atoms with van der Waals surface area (Å²) in [5, 5.41) is 11.3. The molecule has 0 aromatic carbocycles. The number of fused-ring (bicyclic) bond motifs is 5. The first-order chi connectivity index (χ1) is 13.7. The van der Waals surface area contributed by atoms with Gasteiger partial charge in [0.1, 0.15) is 5.78 Å². The van der Waals surface area contributed by atoms with E-state index in [1.807, 2.05) is 0 Å². The fourth-order valence-electron chi connectivity index (χ4n) is 9.01. The molecule has 164 valence electrons. The summed E-state index contributed by atoms with van der Waals surface area (Å²) in [5.74, 6) is 3.75. The van der Waals surface area contributed by atoms with Gasteiger partial charge in [-0.05, 0) is 105 Å². The van der Waals surface area contributed by atoms with Crippen molar-refractivity contribution in [1.29, 1.82) is 0 Å². The number of aliphatic hydroxyl groups excluding tert-OH is 1. The Bertz CT molecular complexity index is 653. The maximum atomic E-state index is 12.7. The second-order valence-electron chi connectivity index (χ2n) is 12.0. The number of rotatable bonds is 5. The topological polar surface area (TPSA) is 37.3 Å². The maximum absolute atomic E-state index is 12.7. The summed E-state index contributed by atoms with van der Waals surface area (Å²) in [4.78, 5) is 12.7. The van der Waals surface area contributed by atoms with E-state index in [-0.39, 0.29) is 17.4 Å². The summed E-state index contributed by atoms with van der Waals surface area (Å²) in [7, 11) is 0. The van der Waals surface area contributed by atoms with Crippen molar-refractivity contribution in [3.05, 3.63) is 12.2 Å². The monoisotopic (exact) mass is 400 g/mol. The molecule has 0 amide bonds. The van der Waals surface area contributed by atoms with E-state index < -0.39 is 0 Å². The van der Waals surface area contributed by atoms with Crippen LogP contribution >= 0.6 is 0 Å².